The molecule has 0 aliphatic carbocycles. The molecule has 0 unspecified atom stereocenters. The molecule has 1 heterocycles. The van der Waals surface area contributed by atoms with E-state index in [1.807, 2.05) is 0 Å². The summed E-state index contributed by atoms with van der Waals surface area (Å²) in [4.78, 5) is 27.3. The van der Waals surface area contributed by atoms with Crippen molar-refractivity contribution in [1.29, 1.82) is 0 Å². The number of ether oxygens (including phenoxy) is 2. The van der Waals surface area contributed by atoms with Crippen molar-refractivity contribution in [3.8, 4) is 11.5 Å². The van der Waals surface area contributed by atoms with Crippen molar-refractivity contribution in [3.63, 3.8) is 0 Å². The minimum absolute atomic E-state index is 0.204. The van der Waals surface area contributed by atoms with Gasteiger partial charge in [-0.25, -0.2) is 5.43 Å². The molecule has 0 saturated carbocycles. The number of hydrogen-bond acceptors (Lipinski definition) is 6. The number of aromatic nitrogens is 1. The molecule has 0 bridgehead atoms. The fourth-order valence-electron chi connectivity index (χ4n) is 1.90. The Bertz CT molecular complexity index is 762. The van der Waals surface area contributed by atoms with Crippen LogP contribution in [0.4, 0.5) is 0 Å². The van der Waals surface area contributed by atoms with Gasteiger partial charge in [-0.15, -0.1) is 0 Å². The number of pyridine rings is 1. The van der Waals surface area contributed by atoms with E-state index in [1.54, 1.807) is 49.8 Å². The van der Waals surface area contributed by atoms with Crippen LogP contribution in [0.5, 0.6) is 11.5 Å². The highest BCUT2D eigenvalue weighted by Gasteiger charge is 2.12. The average molecular weight is 342 g/mol. The first-order valence-corrected chi connectivity index (χ1v) is 7.36. The lowest BCUT2D eigenvalue weighted by Crippen LogP contribution is -2.37. The molecule has 1 aromatic carbocycles. The van der Waals surface area contributed by atoms with Crippen molar-refractivity contribution in [1.82, 2.24) is 15.7 Å². The summed E-state index contributed by atoms with van der Waals surface area (Å²) in [6.45, 7) is 0.204. The summed E-state index contributed by atoms with van der Waals surface area (Å²) in [5.41, 5.74) is 3.57. The zero-order chi connectivity index (χ0) is 18.1. The Morgan fingerprint density at radius 2 is 2.04 bits per heavy atom. The number of carbonyl (C=O) groups is 2. The normalized spacial score (nSPS) is 10.3. The molecule has 0 aliphatic rings. The van der Waals surface area contributed by atoms with Crippen LogP contribution in [0.1, 0.15) is 11.1 Å². The first kappa shape index (κ1) is 17.9. The summed E-state index contributed by atoms with van der Waals surface area (Å²) < 4.78 is 10.3. The molecule has 2 N–H and O–H groups in total. The molecule has 130 valence electrons. The molecule has 2 rings (SSSR count). The monoisotopic (exact) mass is 342 g/mol. The van der Waals surface area contributed by atoms with Crippen molar-refractivity contribution in [2.75, 3.05) is 14.2 Å². The summed E-state index contributed by atoms with van der Waals surface area (Å²) in [6, 6.07) is 8.67. The van der Waals surface area contributed by atoms with Crippen LogP contribution in [-0.2, 0) is 16.1 Å². The highest BCUT2D eigenvalue weighted by Crippen LogP contribution is 2.22. The van der Waals surface area contributed by atoms with Gasteiger partial charge in [-0.2, -0.15) is 5.10 Å². The minimum atomic E-state index is -0.868. The van der Waals surface area contributed by atoms with Gasteiger partial charge in [0.15, 0.2) is 0 Å². The van der Waals surface area contributed by atoms with Crippen LogP contribution >= 0.6 is 0 Å². The van der Waals surface area contributed by atoms with E-state index < -0.39 is 11.8 Å². The summed E-state index contributed by atoms with van der Waals surface area (Å²) in [6.07, 6.45) is 4.61. The fraction of sp³-hybridized carbons (Fsp3) is 0.176. The predicted octanol–water partition coefficient (Wildman–Crippen LogP) is 0.865. The summed E-state index contributed by atoms with van der Waals surface area (Å²) >= 11 is 0. The molecule has 2 aromatic rings. The molecule has 0 spiro atoms. The van der Waals surface area contributed by atoms with Crippen LogP contribution in [0.15, 0.2) is 47.8 Å². The highest BCUT2D eigenvalue weighted by molar-refractivity contribution is 6.35. The van der Waals surface area contributed by atoms with Crippen LogP contribution in [0, 0.1) is 0 Å². The van der Waals surface area contributed by atoms with E-state index in [1.165, 1.54) is 13.3 Å². The summed E-state index contributed by atoms with van der Waals surface area (Å²) in [7, 11) is 3.06. The Balaban J connectivity index is 1.88. The first-order valence-electron chi connectivity index (χ1n) is 7.36. The van der Waals surface area contributed by atoms with Gasteiger partial charge in [0.2, 0.25) is 0 Å². The molecule has 0 atom stereocenters. The second-order valence-corrected chi connectivity index (χ2v) is 4.85. The third kappa shape index (κ3) is 5.31. The smallest absolute Gasteiger partial charge is 0.329 e. The second kappa shape index (κ2) is 9.02. The van der Waals surface area contributed by atoms with Crippen molar-refractivity contribution >= 4 is 18.0 Å². The SMILES string of the molecule is COc1ccc(/C=N/NC(=O)C(=O)NCc2cccnc2)c(OC)c1. The third-order valence-corrected chi connectivity index (χ3v) is 3.19. The number of carbonyl (C=O) groups excluding carboxylic acids is 2. The minimum Gasteiger partial charge on any atom is -0.497 e. The quantitative estimate of drug-likeness (QED) is 0.461. The predicted molar refractivity (Wildman–Crippen MR) is 91.4 cm³/mol. The van der Waals surface area contributed by atoms with Crippen molar-refractivity contribution in [2.24, 2.45) is 5.10 Å². The van der Waals surface area contributed by atoms with E-state index in [0.29, 0.717) is 17.1 Å². The fourth-order valence-corrected chi connectivity index (χ4v) is 1.90. The number of nitrogens with one attached hydrogen (secondary N) is 2. The molecule has 8 nitrogen and oxygen atoms in total. The van der Waals surface area contributed by atoms with Gasteiger partial charge in [-0.05, 0) is 23.8 Å². The molecule has 2 amide bonds. The van der Waals surface area contributed by atoms with E-state index in [9.17, 15) is 9.59 Å². The lowest BCUT2D eigenvalue weighted by atomic mass is 10.2. The Labute approximate surface area is 144 Å². The molecular weight excluding hydrogens is 324 g/mol. The third-order valence-electron chi connectivity index (χ3n) is 3.19. The van der Waals surface area contributed by atoms with Crippen molar-refractivity contribution in [2.45, 2.75) is 6.54 Å². The zero-order valence-electron chi connectivity index (χ0n) is 13.9. The Morgan fingerprint density at radius 3 is 2.72 bits per heavy atom. The van der Waals surface area contributed by atoms with E-state index in [-0.39, 0.29) is 6.54 Å². The zero-order valence-corrected chi connectivity index (χ0v) is 13.9. The number of nitrogens with zero attached hydrogens (tertiary/aromatic N) is 2. The highest BCUT2D eigenvalue weighted by atomic mass is 16.5. The van der Waals surface area contributed by atoms with Gasteiger partial charge in [-0.3, -0.25) is 14.6 Å². The standard InChI is InChI=1S/C17H18N4O4/c1-24-14-6-5-13(15(8-14)25-2)11-20-21-17(23)16(22)19-10-12-4-3-7-18-9-12/h3-9,11H,10H2,1-2H3,(H,19,22)(H,21,23)/b20-11+. The topological polar surface area (TPSA) is 102 Å². The van der Waals surface area contributed by atoms with Crippen LogP contribution in [0.3, 0.4) is 0 Å². The number of benzene rings is 1. The van der Waals surface area contributed by atoms with E-state index >= 15 is 0 Å². The molecule has 1 aromatic heterocycles. The van der Waals surface area contributed by atoms with Gasteiger partial charge in [0.25, 0.3) is 0 Å². The largest absolute Gasteiger partial charge is 0.497 e. The van der Waals surface area contributed by atoms with Gasteiger partial charge in [0.05, 0.1) is 20.4 Å². The van der Waals surface area contributed by atoms with Crippen molar-refractivity contribution in [3.05, 3.63) is 53.9 Å². The van der Waals surface area contributed by atoms with Crippen LogP contribution in [0.2, 0.25) is 0 Å². The maximum atomic E-state index is 11.7. The lowest BCUT2D eigenvalue weighted by molar-refractivity contribution is -0.139. The summed E-state index contributed by atoms with van der Waals surface area (Å²) in [5, 5.41) is 6.24. The number of amides is 2. The number of rotatable bonds is 6. The maximum Gasteiger partial charge on any atom is 0.329 e. The average Bonchev–Trinajstić information content (AvgIpc) is 2.66. The Hall–Kier alpha value is -3.42. The summed E-state index contributed by atoms with van der Waals surface area (Å²) in [5.74, 6) is -0.499. The van der Waals surface area contributed by atoms with Gasteiger partial charge in [0.1, 0.15) is 11.5 Å². The molecule has 25 heavy (non-hydrogen) atoms. The first-order chi connectivity index (χ1) is 12.1. The van der Waals surface area contributed by atoms with Gasteiger partial charge in [0, 0.05) is 30.6 Å². The van der Waals surface area contributed by atoms with E-state index in [0.717, 1.165) is 5.56 Å². The molecule has 0 aliphatic heterocycles. The molecule has 0 fully saturated rings. The van der Waals surface area contributed by atoms with Gasteiger partial charge in [-0.1, -0.05) is 6.07 Å². The molecule has 8 heteroatoms. The number of hydrogen-bond donors (Lipinski definition) is 2. The Kier molecular flexibility index (Phi) is 6.47. The molecular formula is C17H18N4O4. The van der Waals surface area contributed by atoms with E-state index in [4.69, 9.17) is 9.47 Å². The van der Waals surface area contributed by atoms with Gasteiger partial charge >= 0.3 is 11.8 Å². The molecule has 0 saturated heterocycles. The number of hydrazone groups is 1. The van der Waals surface area contributed by atoms with Gasteiger partial charge < -0.3 is 14.8 Å². The van der Waals surface area contributed by atoms with Crippen LogP contribution in [0.25, 0.3) is 0 Å². The Morgan fingerprint density at radius 1 is 1.20 bits per heavy atom. The van der Waals surface area contributed by atoms with E-state index in [2.05, 4.69) is 20.8 Å². The molecule has 0 radical (unpaired) electrons. The lowest BCUT2D eigenvalue weighted by Gasteiger charge is -2.07. The number of methoxy groups -OCH3 is 2. The van der Waals surface area contributed by atoms with Crippen LogP contribution < -0.4 is 20.2 Å². The maximum absolute atomic E-state index is 11.7. The van der Waals surface area contributed by atoms with Crippen molar-refractivity contribution < 1.29 is 19.1 Å². The van der Waals surface area contributed by atoms with Crippen LogP contribution in [-0.4, -0.2) is 37.2 Å². The second-order valence-electron chi connectivity index (χ2n) is 4.85.